The van der Waals surface area contributed by atoms with Gasteiger partial charge >= 0.3 is 0 Å². The maximum absolute atomic E-state index is 13.3. The van der Waals surface area contributed by atoms with Gasteiger partial charge in [0.05, 0.1) is 17.0 Å². The number of imide groups is 1. The summed E-state index contributed by atoms with van der Waals surface area (Å²) in [5.41, 5.74) is 2.13. The minimum Gasteiger partial charge on any atom is -0.321 e. The first kappa shape index (κ1) is 28.2. The number of carbonyl (C=O) groups is 4. The average Bonchev–Trinajstić information content (AvgIpc) is 3.22. The van der Waals surface area contributed by atoms with E-state index in [0.29, 0.717) is 38.0 Å². The number of hydrogen-bond donors (Lipinski definition) is 2. The number of hydrogen-bond acceptors (Lipinski definition) is 5. The van der Waals surface area contributed by atoms with Gasteiger partial charge in [0.15, 0.2) is 0 Å². The normalized spacial score (nSPS) is 12.7. The Hall–Kier alpha value is -4.37. The first-order chi connectivity index (χ1) is 19.8. The summed E-state index contributed by atoms with van der Waals surface area (Å²) in [5, 5.41) is 6.20. The van der Waals surface area contributed by atoms with Crippen LogP contribution in [-0.2, 0) is 4.79 Å². The van der Waals surface area contributed by atoms with Gasteiger partial charge in [0.2, 0.25) is 0 Å². The molecule has 2 N–H and O–H groups in total. The fourth-order valence-corrected chi connectivity index (χ4v) is 5.35. The van der Waals surface area contributed by atoms with Crippen LogP contribution in [0, 0.1) is 0 Å². The van der Waals surface area contributed by atoms with Gasteiger partial charge in [-0.15, -0.1) is 11.8 Å². The molecule has 1 aliphatic heterocycles. The number of fused-ring (bicyclic) bond motifs is 1. The zero-order chi connectivity index (χ0) is 28.9. The Labute approximate surface area is 250 Å². The third kappa shape index (κ3) is 6.52. The maximum Gasteiger partial charge on any atom is 0.272 e. The largest absolute Gasteiger partial charge is 0.321 e. The van der Waals surface area contributed by atoms with Crippen molar-refractivity contribution < 1.29 is 19.2 Å². The SMILES string of the molecule is O=C(Nc1ccc(SCN2C(=O)c3ccccc3C2=O)cc1)/C(=C/c1ccc(Cl)cc1Cl)NC(=O)c1ccccc1. The highest BCUT2D eigenvalue weighted by molar-refractivity contribution is 7.99. The second-order valence-electron chi connectivity index (χ2n) is 8.88. The van der Waals surface area contributed by atoms with Gasteiger partial charge in [-0.05, 0) is 72.3 Å². The standard InChI is InChI=1S/C31H21Cl2N3O4S/c32-21-11-10-20(26(33)17-21)16-27(35-28(37)19-6-2-1-3-7-19)29(38)34-22-12-14-23(15-13-22)41-18-36-30(39)24-8-4-5-9-25(24)31(36)40/h1-17H,18H2,(H,34,38)(H,35,37)/b27-16-. The van der Waals surface area contributed by atoms with E-state index in [-0.39, 0.29) is 23.4 Å². The number of amides is 4. The minimum atomic E-state index is -0.563. The first-order valence-corrected chi connectivity index (χ1v) is 14.1. The number of thioether (sulfide) groups is 1. The van der Waals surface area contributed by atoms with E-state index in [9.17, 15) is 19.2 Å². The predicted molar refractivity (Wildman–Crippen MR) is 161 cm³/mol. The van der Waals surface area contributed by atoms with Gasteiger partial charge in [-0.3, -0.25) is 24.1 Å². The van der Waals surface area contributed by atoms with Gasteiger partial charge in [-0.1, -0.05) is 59.6 Å². The number of nitrogens with zero attached hydrogens (tertiary/aromatic N) is 1. The molecule has 1 aliphatic rings. The van der Waals surface area contributed by atoms with Crippen molar-refractivity contribution >= 4 is 70.4 Å². The van der Waals surface area contributed by atoms with Crippen LogP contribution in [-0.4, -0.2) is 34.4 Å². The number of halogens is 2. The lowest BCUT2D eigenvalue weighted by atomic mass is 10.1. The van der Waals surface area contributed by atoms with Crippen LogP contribution in [0.4, 0.5) is 5.69 Å². The lowest BCUT2D eigenvalue weighted by Crippen LogP contribution is -2.30. The maximum atomic E-state index is 13.3. The molecule has 7 nitrogen and oxygen atoms in total. The number of carbonyl (C=O) groups excluding carboxylic acids is 4. The van der Waals surface area contributed by atoms with E-state index in [1.54, 1.807) is 97.1 Å². The molecule has 0 radical (unpaired) electrons. The van der Waals surface area contributed by atoms with Crippen molar-refractivity contribution in [2.45, 2.75) is 4.90 Å². The van der Waals surface area contributed by atoms with E-state index < -0.39 is 11.8 Å². The molecule has 0 saturated carbocycles. The van der Waals surface area contributed by atoms with Crippen LogP contribution in [0.1, 0.15) is 36.6 Å². The zero-order valence-corrected chi connectivity index (χ0v) is 23.6. The van der Waals surface area contributed by atoms with Crippen molar-refractivity contribution in [3.8, 4) is 0 Å². The van der Waals surface area contributed by atoms with Gasteiger partial charge in [0, 0.05) is 26.2 Å². The Kier molecular flexibility index (Phi) is 8.54. The molecule has 4 aromatic rings. The smallest absolute Gasteiger partial charge is 0.272 e. The molecule has 10 heteroatoms. The second kappa shape index (κ2) is 12.4. The average molecular weight is 602 g/mol. The Bertz CT molecular complexity index is 1660. The van der Waals surface area contributed by atoms with Crippen molar-refractivity contribution in [2.24, 2.45) is 0 Å². The van der Waals surface area contributed by atoms with Crippen molar-refractivity contribution in [1.82, 2.24) is 10.2 Å². The summed E-state index contributed by atoms with van der Waals surface area (Å²) in [7, 11) is 0. The number of nitrogens with one attached hydrogen (secondary N) is 2. The van der Waals surface area contributed by atoms with Gasteiger partial charge in [0.25, 0.3) is 23.6 Å². The molecule has 0 fully saturated rings. The van der Waals surface area contributed by atoms with Gasteiger partial charge in [-0.25, -0.2) is 0 Å². The summed E-state index contributed by atoms with van der Waals surface area (Å²) in [6.45, 7) is 0. The Morgan fingerprint density at radius 2 is 1.44 bits per heavy atom. The minimum absolute atomic E-state index is 0.0212. The summed E-state index contributed by atoms with van der Waals surface area (Å²) in [5.74, 6) is -1.51. The van der Waals surface area contributed by atoms with Crippen LogP contribution in [0.2, 0.25) is 10.0 Å². The summed E-state index contributed by atoms with van der Waals surface area (Å²) in [4.78, 5) is 53.3. The molecule has 41 heavy (non-hydrogen) atoms. The molecular formula is C31H21Cl2N3O4S. The van der Waals surface area contributed by atoms with Crippen molar-refractivity contribution in [3.05, 3.63) is 135 Å². The predicted octanol–water partition coefficient (Wildman–Crippen LogP) is 6.75. The van der Waals surface area contributed by atoms with Gasteiger partial charge < -0.3 is 10.6 Å². The van der Waals surface area contributed by atoms with E-state index in [0.717, 1.165) is 4.90 Å². The lowest BCUT2D eigenvalue weighted by Gasteiger charge is -2.14. The molecule has 1 heterocycles. The molecule has 0 aliphatic carbocycles. The van der Waals surface area contributed by atoms with Crippen LogP contribution in [0.15, 0.2) is 108 Å². The molecule has 4 amide bonds. The Morgan fingerprint density at radius 3 is 2.07 bits per heavy atom. The van der Waals surface area contributed by atoms with Crippen molar-refractivity contribution in [1.29, 1.82) is 0 Å². The van der Waals surface area contributed by atoms with Crippen molar-refractivity contribution in [3.63, 3.8) is 0 Å². The molecule has 0 saturated heterocycles. The fraction of sp³-hybridized carbons (Fsp3) is 0.0323. The highest BCUT2D eigenvalue weighted by Gasteiger charge is 2.34. The molecule has 0 spiro atoms. The fourth-order valence-electron chi connectivity index (χ4n) is 4.04. The van der Waals surface area contributed by atoms with Gasteiger partial charge in [-0.2, -0.15) is 0 Å². The molecule has 0 bridgehead atoms. The zero-order valence-electron chi connectivity index (χ0n) is 21.3. The highest BCUT2D eigenvalue weighted by atomic mass is 35.5. The van der Waals surface area contributed by atoms with E-state index in [2.05, 4.69) is 10.6 Å². The molecular weight excluding hydrogens is 581 g/mol. The number of rotatable bonds is 8. The Balaban J connectivity index is 1.28. The van der Waals surface area contributed by atoms with Crippen LogP contribution >= 0.6 is 35.0 Å². The Morgan fingerprint density at radius 1 is 0.805 bits per heavy atom. The first-order valence-electron chi connectivity index (χ1n) is 12.3. The molecule has 204 valence electrons. The summed E-state index contributed by atoms with van der Waals surface area (Å²) in [6.07, 6.45) is 1.47. The number of anilines is 1. The highest BCUT2D eigenvalue weighted by Crippen LogP contribution is 2.28. The summed E-state index contributed by atoms with van der Waals surface area (Å²) >= 11 is 13.6. The van der Waals surface area contributed by atoms with Crippen LogP contribution in [0.3, 0.4) is 0 Å². The molecule has 0 unspecified atom stereocenters. The molecule has 5 rings (SSSR count). The third-order valence-corrected chi connectivity index (χ3v) is 7.70. The monoisotopic (exact) mass is 601 g/mol. The van der Waals surface area contributed by atoms with Crippen LogP contribution < -0.4 is 10.6 Å². The van der Waals surface area contributed by atoms with E-state index in [1.807, 2.05) is 0 Å². The summed E-state index contributed by atoms with van der Waals surface area (Å²) < 4.78 is 0. The lowest BCUT2D eigenvalue weighted by molar-refractivity contribution is -0.113. The summed E-state index contributed by atoms with van der Waals surface area (Å²) in [6, 6.07) is 27.0. The molecule has 0 aromatic heterocycles. The van der Waals surface area contributed by atoms with Crippen LogP contribution in [0.5, 0.6) is 0 Å². The molecule has 4 aromatic carbocycles. The van der Waals surface area contributed by atoms with E-state index >= 15 is 0 Å². The quantitative estimate of drug-likeness (QED) is 0.132. The molecule has 0 atom stereocenters. The van der Waals surface area contributed by atoms with Crippen LogP contribution in [0.25, 0.3) is 6.08 Å². The third-order valence-electron chi connectivity index (χ3n) is 6.14. The van der Waals surface area contributed by atoms with E-state index in [1.165, 1.54) is 22.7 Å². The van der Waals surface area contributed by atoms with Crippen molar-refractivity contribution in [2.75, 3.05) is 11.2 Å². The number of benzene rings is 4. The van der Waals surface area contributed by atoms with E-state index in [4.69, 9.17) is 23.2 Å². The topological polar surface area (TPSA) is 95.6 Å². The van der Waals surface area contributed by atoms with Gasteiger partial charge in [0.1, 0.15) is 5.70 Å². The second-order valence-corrected chi connectivity index (χ2v) is 10.7.